The molecule has 7 heteroatoms. The number of phenols is 1. The highest BCUT2D eigenvalue weighted by Gasteiger charge is 2.24. The van der Waals surface area contributed by atoms with Crippen molar-refractivity contribution in [3.05, 3.63) is 70.6 Å². The van der Waals surface area contributed by atoms with E-state index in [1.807, 2.05) is 6.07 Å². The zero-order chi connectivity index (χ0) is 16.4. The molecule has 0 amide bonds. The van der Waals surface area contributed by atoms with Gasteiger partial charge in [-0.15, -0.1) is 0 Å². The molecular formula is C16H12N2O5. The van der Waals surface area contributed by atoms with Crippen LogP contribution < -0.4 is 5.23 Å². The van der Waals surface area contributed by atoms with Gasteiger partial charge in [-0.05, 0) is 18.2 Å². The summed E-state index contributed by atoms with van der Waals surface area (Å²) >= 11 is 0. The fourth-order valence-corrected chi connectivity index (χ4v) is 2.11. The molecule has 0 spiro atoms. The number of phenolic OH excluding ortho intramolecular Hbond substituents is 1. The second-order valence-electron chi connectivity index (χ2n) is 4.75. The summed E-state index contributed by atoms with van der Waals surface area (Å²) in [5.74, 6) is -0.927. The zero-order valence-electron chi connectivity index (χ0n) is 11.8. The van der Waals surface area contributed by atoms with Gasteiger partial charge < -0.3 is 15.1 Å². The first-order chi connectivity index (χ1) is 11.1. The number of hydrogen-bond acceptors (Lipinski definition) is 6. The van der Waals surface area contributed by atoms with Gasteiger partial charge >= 0.3 is 5.97 Å². The molecule has 3 N–H and O–H groups in total. The highest BCUT2D eigenvalue weighted by atomic mass is 16.8. The van der Waals surface area contributed by atoms with Gasteiger partial charge in [0, 0.05) is 17.2 Å². The smallest absolute Gasteiger partial charge is 0.363 e. The minimum Gasteiger partial charge on any atom is -0.595 e. The number of para-hydroxylation sites is 1. The number of hydrogen-bond donors (Lipinski definition) is 3. The van der Waals surface area contributed by atoms with Crippen LogP contribution in [0.3, 0.4) is 0 Å². The minimum atomic E-state index is -1.26. The Morgan fingerprint density at radius 2 is 1.87 bits per heavy atom. The topological polar surface area (TPSA) is 107 Å². The van der Waals surface area contributed by atoms with E-state index in [1.165, 1.54) is 24.3 Å². The van der Waals surface area contributed by atoms with Crippen LogP contribution in [0.2, 0.25) is 0 Å². The fourth-order valence-electron chi connectivity index (χ4n) is 2.11. The van der Waals surface area contributed by atoms with Crippen molar-refractivity contribution < 1.29 is 25.1 Å². The predicted octanol–water partition coefficient (Wildman–Crippen LogP) is 1.14. The number of carbonyl (C=O) groups excluding carboxylic acids is 1. The maximum Gasteiger partial charge on any atom is 0.363 e. The fraction of sp³-hybridized carbons (Fsp3) is 0. The molecule has 1 unspecified atom stereocenters. The van der Waals surface area contributed by atoms with Gasteiger partial charge in [0.2, 0.25) is 11.6 Å². The van der Waals surface area contributed by atoms with Gasteiger partial charge in [-0.3, -0.25) is 0 Å². The standard InChI is InChI=1S/C16H12N2O5/c19-14-11(7-4-8-13(14)18(21)22)9-12-16(20)23-15(17-12)10-5-2-1-3-6-10/h1-9,18-19,21H. The normalized spacial score (nSPS) is 17.0. The van der Waals surface area contributed by atoms with Crippen LogP contribution in [0.15, 0.2) is 59.2 Å². The molecule has 7 nitrogen and oxygen atoms in total. The van der Waals surface area contributed by atoms with Crippen LogP contribution in [0, 0.1) is 5.21 Å². The van der Waals surface area contributed by atoms with E-state index in [1.54, 1.807) is 24.3 Å². The van der Waals surface area contributed by atoms with Crippen LogP contribution in [-0.4, -0.2) is 22.2 Å². The average Bonchev–Trinajstić information content (AvgIpc) is 2.91. The number of benzene rings is 2. The molecule has 0 aromatic heterocycles. The van der Waals surface area contributed by atoms with Crippen molar-refractivity contribution in [2.24, 2.45) is 4.99 Å². The Balaban J connectivity index is 1.99. The lowest BCUT2D eigenvalue weighted by atomic mass is 10.1. The van der Waals surface area contributed by atoms with E-state index in [0.29, 0.717) is 5.56 Å². The Morgan fingerprint density at radius 3 is 2.57 bits per heavy atom. The Bertz CT molecular complexity index is 812. The Hall–Kier alpha value is -3.00. The van der Waals surface area contributed by atoms with Crippen LogP contribution in [0.5, 0.6) is 5.75 Å². The van der Waals surface area contributed by atoms with Crippen LogP contribution in [0.4, 0.5) is 5.69 Å². The lowest BCUT2D eigenvalue weighted by molar-refractivity contribution is -0.991. The predicted molar refractivity (Wildman–Crippen MR) is 80.9 cm³/mol. The molecule has 0 fully saturated rings. The molecule has 1 heterocycles. The van der Waals surface area contributed by atoms with Gasteiger partial charge in [0.1, 0.15) is 0 Å². The molecule has 1 atom stereocenters. The Morgan fingerprint density at radius 1 is 1.13 bits per heavy atom. The van der Waals surface area contributed by atoms with E-state index in [0.717, 1.165) is 0 Å². The Kier molecular flexibility index (Phi) is 3.90. The van der Waals surface area contributed by atoms with E-state index in [4.69, 9.17) is 9.94 Å². The number of cyclic esters (lactones) is 1. The highest BCUT2D eigenvalue weighted by Crippen LogP contribution is 2.28. The first-order valence-electron chi connectivity index (χ1n) is 6.69. The van der Waals surface area contributed by atoms with E-state index in [-0.39, 0.29) is 22.8 Å². The summed E-state index contributed by atoms with van der Waals surface area (Å²) in [4.78, 5) is 16.0. The summed E-state index contributed by atoms with van der Waals surface area (Å²) in [5.41, 5.74) is 0.558. The average molecular weight is 312 g/mol. The number of nitrogens with one attached hydrogen (secondary N) is 1. The lowest BCUT2D eigenvalue weighted by Crippen LogP contribution is -2.99. The summed E-state index contributed by atoms with van der Waals surface area (Å²) in [7, 11) is 0. The van der Waals surface area contributed by atoms with Gasteiger partial charge in [-0.2, -0.15) is 5.23 Å². The summed E-state index contributed by atoms with van der Waals surface area (Å²) in [5, 5.41) is 28.7. The van der Waals surface area contributed by atoms with Crippen molar-refractivity contribution >= 4 is 23.6 Å². The van der Waals surface area contributed by atoms with Gasteiger partial charge in [-0.1, -0.05) is 30.3 Å². The first kappa shape index (κ1) is 14.9. The van der Waals surface area contributed by atoms with Crippen molar-refractivity contribution in [2.45, 2.75) is 0 Å². The molecule has 23 heavy (non-hydrogen) atoms. The summed E-state index contributed by atoms with van der Waals surface area (Å²) in [6.45, 7) is 0. The van der Waals surface area contributed by atoms with Crippen molar-refractivity contribution in [3.8, 4) is 5.75 Å². The highest BCUT2D eigenvalue weighted by molar-refractivity contribution is 6.12. The molecular weight excluding hydrogens is 300 g/mol. The molecule has 1 aliphatic heterocycles. The Labute approximate surface area is 130 Å². The largest absolute Gasteiger partial charge is 0.595 e. The minimum absolute atomic E-state index is 0.0123. The number of quaternary nitrogens is 1. The summed E-state index contributed by atoms with van der Waals surface area (Å²) in [6.07, 6.45) is 1.29. The monoisotopic (exact) mass is 312 g/mol. The molecule has 2 aromatic carbocycles. The second-order valence-corrected chi connectivity index (χ2v) is 4.75. The maximum absolute atomic E-state index is 11.9. The number of rotatable bonds is 3. The van der Waals surface area contributed by atoms with Crippen LogP contribution in [-0.2, 0) is 9.53 Å². The van der Waals surface area contributed by atoms with Crippen molar-refractivity contribution in [1.82, 2.24) is 0 Å². The van der Waals surface area contributed by atoms with E-state index >= 15 is 0 Å². The molecule has 0 radical (unpaired) electrons. The number of aromatic hydroxyl groups is 1. The number of esters is 1. The van der Waals surface area contributed by atoms with Crippen molar-refractivity contribution in [1.29, 1.82) is 0 Å². The van der Waals surface area contributed by atoms with Gasteiger partial charge in [-0.25, -0.2) is 15.0 Å². The number of ether oxygens (including phenoxy) is 1. The van der Waals surface area contributed by atoms with Crippen LogP contribution in [0.25, 0.3) is 6.08 Å². The van der Waals surface area contributed by atoms with Gasteiger partial charge in [0.25, 0.3) is 0 Å². The molecule has 0 aliphatic carbocycles. The summed E-state index contributed by atoms with van der Waals surface area (Å²) in [6, 6.07) is 13.1. The first-order valence-corrected chi connectivity index (χ1v) is 6.69. The van der Waals surface area contributed by atoms with E-state index < -0.39 is 16.9 Å². The number of aliphatic imine (C=N–C) groups is 1. The van der Waals surface area contributed by atoms with Crippen LogP contribution in [0.1, 0.15) is 11.1 Å². The lowest BCUT2D eigenvalue weighted by Gasteiger charge is -2.13. The third kappa shape index (κ3) is 2.97. The SMILES string of the molecule is O=C1OC(c2ccccc2)=NC1=Cc1cccc([NH+]([O-])O)c1O. The molecule has 3 rings (SSSR count). The molecule has 0 saturated carbocycles. The molecule has 0 bridgehead atoms. The molecule has 2 aromatic rings. The maximum atomic E-state index is 11.9. The van der Waals surface area contributed by atoms with E-state index in [9.17, 15) is 15.1 Å². The third-order valence-corrected chi connectivity index (χ3v) is 3.23. The third-order valence-electron chi connectivity index (χ3n) is 3.23. The number of nitrogens with zero attached hydrogens (tertiary/aromatic N) is 1. The molecule has 1 aliphatic rings. The second kappa shape index (κ2) is 6.01. The van der Waals surface area contributed by atoms with Crippen molar-refractivity contribution in [2.75, 3.05) is 0 Å². The quantitative estimate of drug-likeness (QED) is 0.341. The molecule has 0 saturated heterocycles. The van der Waals surface area contributed by atoms with Gasteiger partial charge in [0.15, 0.2) is 11.4 Å². The zero-order valence-corrected chi connectivity index (χ0v) is 11.8. The van der Waals surface area contributed by atoms with Gasteiger partial charge in [0.05, 0.1) is 0 Å². The van der Waals surface area contributed by atoms with Crippen LogP contribution >= 0.6 is 0 Å². The van der Waals surface area contributed by atoms with E-state index in [2.05, 4.69) is 4.99 Å². The summed E-state index contributed by atoms with van der Waals surface area (Å²) < 4.78 is 5.09. The van der Waals surface area contributed by atoms with Crippen molar-refractivity contribution in [3.63, 3.8) is 0 Å². The number of carbonyl (C=O) groups is 1. The molecule has 116 valence electrons.